The molecule has 0 spiro atoms. The van der Waals surface area contributed by atoms with E-state index < -0.39 is 6.23 Å². The van der Waals surface area contributed by atoms with Crippen LogP contribution < -0.4 is 4.90 Å². The molecule has 0 aliphatic heterocycles. The number of benzene rings is 2. The minimum absolute atomic E-state index is 0.118. The molecule has 4 heteroatoms. The highest BCUT2D eigenvalue weighted by Crippen LogP contribution is 2.31. The fraction of sp³-hybridized carbons (Fsp3) is 0.304. The van der Waals surface area contributed by atoms with Gasteiger partial charge in [-0.15, -0.1) is 0 Å². The lowest BCUT2D eigenvalue weighted by atomic mass is 10.0. The van der Waals surface area contributed by atoms with Crippen LogP contribution in [0.25, 0.3) is 22.5 Å². The number of rotatable bonds is 7. The Hall–Kier alpha value is -2.72. The Balaban J connectivity index is 2.13. The van der Waals surface area contributed by atoms with Crippen LogP contribution in [0.15, 0.2) is 66.9 Å². The molecule has 27 heavy (non-hydrogen) atoms. The molecule has 4 nitrogen and oxygen atoms in total. The number of aliphatic hydroxyl groups excluding tert-OH is 1. The molecular weight excluding hydrogens is 334 g/mol. The maximum absolute atomic E-state index is 10.6. The van der Waals surface area contributed by atoms with E-state index in [2.05, 4.69) is 20.8 Å². The van der Waals surface area contributed by atoms with Crippen LogP contribution in [0.5, 0.6) is 0 Å². The summed E-state index contributed by atoms with van der Waals surface area (Å²) >= 11 is 0. The Bertz CT molecular complexity index is 850. The number of aliphatic hydroxyl groups is 1. The normalized spacial score (nSPS) is 12.2. The number of hydrogen-bond acceptors (Lipinski definition) is 4. The van der Waals surface area contributed by atoms with Gasteiger partial charge in [0.1, 0.15) is 12.0 Å². The SMILES string of the molecule is CCCC(O)N(c1cnc(-c2ccccc2)c(-c2ccccc2)n1)C(C)C. The highest BCUT2D eigenvalue weighted by molar-refractivity contribution is 5.78. The summed E-state index contributed by atoms with van der Waals surface area (Å²) < 4.78 is 0. The van der Waals surface area contributed by atoms with Crippen molar-refractivity contribution in [2.24, 2.45) is 0 Å². The van der Waals surface area contributed by atoms with Crippen LogP contribution in [0.3, 0.4) is 0 Å². The molecule has 3 rings (SSSR count). The largest absolute Gasteiger partial charge is 0.374 e. The maximum atomic E-state index is 10.6. The Kier molecular flexibility index (Phi) is 6.20. The lowest BCUT2D eigenvalue weighted by molar-refractivity contribution is 0.149. The van der Waals surface area contributed by atoms with Gasteiger partial charge in [0.15, 0.2) is 0 Å². The second-order valence-electron chi connectivity index (χ2n) is 6.93. The topological polar surface area (TPSA) is 49.2 Å². The van der Waals surface area contributed by atoms with E-state index in [4.69, 9.17) is 9.97 Å². The minimum Gasteiger partial charge on any atom is -0.374 e. The van der Waals surface area contributed by atoms with Gasteiger partial charge in [-0.2, -0.15) is 0 Å². The third kappa shape index (κ3) is 4.34. The predicted octanol–water partition coefficient (Wildman–Crippen LogP) is 5.14. The number of aromatic nitrogens is 2. The van der Waals surface area contributed by atoms with E-state index >= 15 is 0 Å². The number of anilines is 1. The summed E-state index contributed by atoms with van der Waals surface area (Å²) in [6.45, 7) is 6.20. The second-order valence-corrected chi connectivity index (χ2v) is 6.93. The first-order chi connectivity index (χ1) is 13.1. The van der Waals surface area contributed by atoms with Crippen molar-refractivity contribution in [3.8, 4) is 22.5 Å². The summed E-state index contributed by atoms with van der Waals surface area (Å²) in [6, 6.07) is 20.3. The monoisotopic (exact) mass is 361 g/mol. The first-order valence-corrected chi connectivity index (χ1v) is 9.56. The van der Waals surface area contributed by atoms with Gasteiger partial charge in [0.25, 0.3) is 0 Å². The summed E-state index contributed by atoms with van der Waals surface area (Å²) in [5.74, 6) is 0.699. The molecule has 1 heterocycles. The third-order valence-corrected chi connectivity index (χ3v) is 4.54. The first kappa shape index (κ1) is 19.1. The summed E-state index contributed by atoms with van der Waals surface area (Å²) in [5, 5.41) is 10.6. The van der Waals surface area contributed by atoms with Crippen LogP contribution in [0.4, 0.5) is 5.82 Å². The van der Waals surface area contributed by atoms with Crippen molar-refractivity contribution in [3.05, 3.63) is 66.9 Å². The zero-order valence-corrected chi connectivity index (χ0v) is 16.2. The van der Waals surface area contributed by atoms with Crippen LogP contribution in [0, 0.1) is 0 Å². The fourth-order valence-electron chi connectivity index (χ4n) is 3.27. The molecule has 1 N–H and O–H groups in total. The van der Waals surface area contributed by atoms with Gasteiger partial charge in [-0.25, -0.2) is 4.98 Å². The predicted molar refractivity (Wildman–Crippen MR) is 111 cm³/mol. The van der Waals surface area contributed by atoms with Crippen LogP contribution in [0.2, 0.25) is 0 Å². The molecule has 0 aliphatic carbocycles. The number of nitrogens with zero attached hydrogens (tertiary/aromatic N) is 3. The molecule has 1 atom stereocenters. The lowest BCUT2D eigenvalue weighted by Gasteiger charge is -2.32. The molecule has 0 aliphatic rings. The van der Waals surface area contributed by atoms with Crippen LogP contribution >= 0.6 is 0 Å². The van der Waals surface area contributed by atoms with Crippen LogP contribution in [-0.4, -0.2) is 27.3 Å². The Labute approximate surface area is 161 Å². The van der Waals surface area contributed by atoms with E-state index in [0.717, 1.165) is 28.9 Å². The molecule has 0 amide bonds. The Morgan fingerprint density at radius 1 is 0.889 bits per heavy atom. The molecule has 1 unspecified atom stereocenters. The molecule has 140 valence electrons. The van der Waals surface area contributed by atoms with Gasteiger partial charge in [-0.1, -0.05) is 74.0 Å². The standard InChI is InChI=1S/C23H27N3O/c1-4-11-21(27)26(17(2)3)20-16-24-22(18-12-7-5-8-13-18)23(25-20)19-14-9-6-10-15-19/h5-10,12-17,21,27H,4,11H2,1-3H3. The average Bonchev–Trinajstić information content (AvgIpc) is 2.69. The zero-order valence-electron chi connectivity index (χ0n) is 16.2. The molecule has 0 bridgehead atoms. The van der Waals surface area contributed by atoms with E-state index in [1.807, 2.05) is 65.6 Å². The summed E-state index contributed by atoms with van der Waals surface area (Å²) in [5.41, 5.74) is 3.72. The van der Waals surface area contributed by atoms with E-state index in [-0.39, 0.29) is 6.04 Å². The highest BCUT2D eigenvalue weighted by atomic mass is 16.3. The maximum Gasteiger partial charge on any atom is 0.150 e. The van der Waals surface area contributed by atoms with Gasteiger partial charge in [-0.3, -0.25) is 4.98 Å². The molecule has 2 aromatic carbocycles. The van der Waals surface area contributed by atoms with Gasteiger partial charge < -0.3 is 10.0 Å². The van der Waals surface area contributed by atoms with Gasteiger partial charge >= 0.3 is 0 Å². The minimum atomic E-state index is -0.574. The van der Waals surface area contributed by atoms with Crippen LogP contribution in [0.1, 0.15) is 33.6 Å². The highest BCUT2D eigenvalue weighted by Gasteiger charge is 2.22. The smallest absolute Gasteiger partial charge is 0.150 e. The van der Waals surface area contributed by atoms with Crippen molar-refractivity contribution >= 4 is 5.82 Å². The second kappa shape index (κ2) is 8.78. The average molecular weight is 361 g/mol. The Morgan fingerprint density at radius 2 is 1.44 bits per heavy atom. The quantitative estimate of drug-likeness (QED) is 0.592. The summed E-state index contributed by atoms with van der Waals surface area (Å²) in [4.78, 5) is 11.6. The van der Waals surface area contributed by atoms with Crippen molar-refractivity contribution in [2.75, 3.05) is 4.90 Å². The van der Waals surface area contributed by atoms with E-state index in [9.17, 15) is 5.11 Å². The third-order valence-electron chi connectivity index (χ3n) is 4.54. The van der Waals surface area contributed by atoms with Gasteiger partial charge in [0.05, 0.1) is 17.6 Å². The van der Waals surface area contributed by atoms with E-state index in [0.29, 0.717) is 12.2 Å². The van der Waals surface area contributed by atoms with Crippen molar-refractivity contribution in [2.45, 2.75) is 45.9 Å². The Morgan fingerprint density at radius 3 is 1.96 bits per heavy atom. The molecule has 3 aromatic rings. The summed E-state index contributed by atoms with van der Waals surface area (Å²) in [6.07, 6.45) is 2.80. The van der Waals surface area contributed by atoms with Gasteiger partial charge in [0.2, 0.25) is 0 Å². The number of hydrogen-bond donors (Lipinski definition) is 1. The van der Waals surface area contributed by atoms with Crippen molar-refractivity contribution < 1.29 is 5.11 Å². The lowest BCUT2D eigenvalue weighted by Crippen LogP contribution is -2.41. The van der Waals surface area contributed by atoms with Gasteiger partial charge in [-0.05, 0) is 20.3 Å². The van der Waals surface area contributed by atoms with E-state index in [1.54, 1.807) is 6.20 Å². The molecule has 0 radical (unpaired) electrons. The fourth-order valence-corrected chi connectivity index (χ4v) is 3.27. The zero-order chi connectivity index (χ0) is 19.2. The summed E-state index contributed by atoms with van der Waals surface area (Å²) in [7, 11) is 0. The first-order valence-electron chi connectivity index (χ1n) is 9.56. The molecule has 0 fully saturated rings. The van der Waals surface area contributed by atoms with E-state index in [1.165, 1.54) is 0 Å². The molecule has 0 saturated heterocycles. The van der Waals surface area contributed by atoms with Crippen molar-refractivity contribution in [3.63, 3.8) is 0 Å². The molecule has 0 saturated carbocycles. The van der Waals surface area contributed by atoms with Crippen molar-refractivity contribution in [1.82, 2.24) is 9.97 Å². The van der Waals surface area contributed by atoms with Gasteiger partial charge in [0, 0.05) is 17.2 Å². The molecule has 1 aromatic heterocycles. The van der Waals surface area contributed by atoms with Crippen molar-refractivity contribution in [1.29, 1.82) is 0 Å². The van der Waals surface area contributed by atoms with Crippen LogP contribution in [-0.2, 0) is 0 Å². The molecular formula is C23H27N3O.